The number of nitrogen functional groups attached to an aromatic ring is 1. The van der Waals surface area contributed by atoms with E-state index in [0.29, 0.717) is 62.9 Å². The maximum absolute atomic E-state index is 12.9. The summed E-state index contributed by atoms with van der Waals surface area (Å²) in [6, 6.07) is 9.31. The van der Waals surface area contributed by atoms with Crippen molar-refractivity contribution in [1.82, 2.24) is 15.2 Å². The molecule has 1 aromatic carbocycles. The highest BCUT2D eigenvalue weighted by Crippen LogP contribution is 2.22. The topological polar surface area (TPSA) is 132 Å². The number of nitrogens with zero attached hydrogens (tertiary/aromatic N) is 4. The lowest BCUT2D eigenvalue weighted by atomic mass is 10.0. The van der Waals surface area contributed by atoms with Crippen molar-refractivity contribution in [2.24, 2.45) is 10.2 Å². The van der Waals surface area contributed by atoms with E-state index in [1.165, 1.54) is 6.08 Å². The molecule has 2 aliphatic heterocycles. The molecule has 210 valence electrons. The lowest BCUT2D eigenvalue weighted by Gasteiger charge is -2.27. The Balaban J connectivity index is 1.37. The van der Waals surface area contributed by atoms with Crippen LogP contribution in [0.3, 0.4) is 0 Å². The molecular formula is C30H36N6O4. The Morgan fingerprint density at radius 1 is 1.20 bits per heavy atom. The Morgan fingerprint density at radius 3 is 2.75 bits per heavy atom. The molecule has 3 heterocycles. The summed E-state index contributed by atoms with van der Waals surface area (Å²) >= 11 is 0. The molecule has 2 aromatic rings. The van der Waals surface area contributed by atoms with Crippen LogP contribution in [0.15, 0.2) is 65.0 Å². The van der Waals surface area contributed by atoms with Crippen LogP contribution in [0.4, 0.5) is 5.82 Å². The minimum atomic E-state index is -0.216. The van der Waals surface area contributed by atoms with Crippen molar-refractivity contribution < 1.29 is 19.1 Å². The zero-order valence-electron chi connectivity index (χ0n) is 23.0. The average molecular weight is 545 g/mol. The molecule has 0 bridgehead atoms. The molecule has 10 heteroatoms. The van der Waals surface area contributed by atoms with Gasteiger partial charge in [0.15, 0.2) is 0 Å². The monoisotopic (exact) mass is 544 g/mol. The number of anilines is 1. The number of hydrogen-bond acceptors (Lipinski definition) is 8. The first-order chi connectivity index (χ1) is 19.4. The normalized spacial score (nSPS) is 19.9. The third kappa shape index (κ3) is 8.09. The quantitative estimate of drug-likeness (QED) is 0.466. The highest BCUT2D eigenvalue weighted by molar-refractivity contribution is 6.39. The van der Waals surface area contributed by atoms with Crippen molar-refractivity contribution in [3.63, 3.8) is 0 Å². The summed E-state index contributed by atoms with van der Waals surface area (Å²) in [5.74, 6) is 0.875. The van der Waals surface area contributed by atoms with Crippen molar-refractivity contribution in [1.29, 1.82) is 0 Å². The number of nitrogens with one attached hydrogen (secondary N) is 1. The Hall–Kier alpha value is -4.31. The van der Waals surface area contributed by atoms with Crippen molar-refractivity contribution in [2.45, 2.75) is 39.2 Å². The van der Waals surface area contributed by atoms with Crippen LogP contribution in [-0.4, -0.2) is 72.1 Å². The first kappa shape index (κ1) is 28.7. The van der Waals surface area contributed by atoms with E-state index in [0.717, 1.165) is 28.9 Å². The number of carbonyl (C=O) groups excluding carboxylic acids is 2. The lowest BCUT2D eigenvalue weighted by molar-refractivity contribution is -0.128. The number of pyridine rings is 1. The molecule has 2 amide bonds. The van der Waals surface area contributed by atoms with Crippen LogP contribution in [0.2, 0.25) is 0 Å². The summed E-state index contributed by atoms with van der Waals surface area (Å²) in [6.45, 7) is 6.59. The molecule has 0 aliphatic carbocycles. The van der Waals surface area contributed by atoms with Crippen molar-refractivity contribution >= 4 is 35.1 Å². The summed E-state index contributed by atoms with van der Waals surface area (Å²) in [7, 11) is 0. The average Bonchev–Trinajstić information content (AvgIpc) is 2.96. The van der Waals surface area contributed by atoms with Crippen molar-refractivity contribution in [3.05, 3.63) is 71.4 Å². The van der Waals surface area contributed by atoms with Gasteiger partial charge in [-0.15, -0.1) is 5.10 Å². The van der Waals surface area contributed by atoms with E-state index in [1.54, 1.807) is 29.3 Å². The van der Waals surface area contributed by atoms with E-state index in [9.17, 15) is 9.59 Å². The van der Waals surface area contributed by atoms with Gasteiger partial charge in [0.25, 0.3) is 5.91 Å². The molecule has 2 aliphatic rings. The van der Waals surface area contributed by atoms with Gasteiger partial charge in [-0.1, -0.05) is 13.0 Å². The highest BCUT2D eigenvalue weighted by Gasteiger charge is 2.22. The van der Waals surface area contributed by atoms with Gasteiger partial charge in [0.05, 0.1) is 25.5 Å². The van der Waals surface area contributed by atoms with Gasteiger partial charge in [-0.2, -0.15) is 5.10 Å². The van der Waals surface area contributed by atoms with E-state index < -0.39 is 0 Å². The molecule has 4 rings (SSSR count). The van der Waals surface area contributed by atoms with Gasteiger partial charge in [-0.25, -0.2) is 4.98 Å². The zero-order chi connectivity index (χ0) is 28.3. The second-order valence-electron chi connectivity index (χ2n) is 9.60. The van der Waals surface area contributed by atoms with Gasteiger partial charge in [0, 0.05) is 37.3 Å². The van der Waals surface area contributed by atoms with Crippen LogP contribution in [0.25, 0.3) is 6.08 Å². The number of morpholine rings is 1. The predicted molar refractivity (Wildman–Crippen MR) is 156 cm³/mol. The van der Waals surface area contributed by atoms with Gasteiger partial charge >= 0.3 is 0 Å². The van der Waals surface area contributed by atoms with Gasteiger partial charge in [0.1, 0.15) is 23.4 Å². The standard InChI is InChI=1S/C30H36N6O4/c1-3-24(20-33-29(37)13-9-22-8-12-28(31)32-19-22)40-27-11-10-23(18-21(27)2)25-6-4-5-7-26(35-34-25)30(38)36-14-16-39-17-15-36/h4,6,8-13,18-19,24H,3,5,7,14-17,20H2,1-2H3,(H2,31,32)(H,33,37)/b6-4-,13-9+,34-25+,35-26+. The molecule has 1 saturated heterocycles. The Kier molecular flexibility index (Phi) is 10.2. The number of amides is 2. The number of aromatic nitrogens is 1. The number of rotatable bonds is 9. The second kappa shape index (κ2) is 14.2. The first-order valence-electron chi connectivity index (χ1n) is 13.6. The fourth-order valence-electron chi connectivity index (χ4n) is 4.22. The van der Waals surface area contributed by atoms with Gasteiger partial charge in [0.2, 0.25) is 5.91 Å². The summed E-state index contributed by atoms with van der Waals surface area (Å²) < 4.78 is 11.6. The van der Waals surface area contributed by atoms with E-state index in [4.69, 9.17) is 15.2 Å². The van der Waals surface area contributed by atoms with Gasteiger partial charge in [-0.05, 0) is 73.4 Å². The number of benzene rings is 1. The molecule has 0 spiro atoms. The molecule has 0 saturated carbocycles. The molecule has 3 N–H and O–H groups in total. The smallest absolute Gasteiger partial charge is 0.270 e. The van der Waals surface area contributed by atoms with Crippen molar-refractivity contribution in [2.75, 3.05) is 38.6 Å². The molecule has 1 unspecified atom stereocenters. The minimum Gasteiger partial charge on any atom is -0.488 e. The van der Waals surface area contributed by atoms with Crippen LogP contribution >= 0.6 is 0 Å². The van der Waals surface area contributed by atoms with Crippen molar-refractivity contribution in [3.8, 4) is 5.75 Å². The highest BCUT2D eigenvalue weighted by atomic mass is 16.5. The summed E-state index contributed by atoms with van der Waals surface area (Å²) in [5, 5.41) is 11.7. The minimum absolute atomic E-state index is 0.0722. The predicted octanol–water partition coefficient (Wildman–Crippen LogP) is 3.31. The zero-order valence-corrected chi connectivity index (χ0v) is 23.0. The summed E-state index contributed by atoms with van der Waals surface area (Å²) in [4.78, 5) is 31.0. The Bertz CT molecular complexity index is 1310. The third-order valence-corrected chi connectivity index (χ3v) is 6.61. The molecule has 10 nitrogen and oxygen atoms in total. The Labute approximate surface area is 234 Å². The van der Waals surface area contributed by atoms with Crippen LogP contribution < -0.4 is 15.8 Å². The maximum atomic E-state index is 12.9. The molecule has 1 fully saturated rings. The number of allylic oxidation sites excluding steroid dienone is 2. The number of hydrogen-bond donors (Lipinski definition) is 2. The molecule has 1 atom stereocenters. The van der Waals surface area contributed by atoms with Crippen LogP contribution in [-0.2, 0) is 14.3 Å². The maximum Gasteiger partial charge on any atom is 0.270 e. The number of nitrogens with two attached hydrogens (primary N) is 1. The molecular weight excluding hydrogens is 508 g/mol. The SMILES string of the molecule is CCC(CNC(=O)/C=C/c1ccc(N)nc1)Oc1ccc(C2=N/N=C(/C(=O)N3CCOCC3)CC/C=C\2)cc1C. The first-order valence-corrected chi connectivity index (χ1v) is 13.6. The van der Waals surface area contributed by atoms with E-state index in [2.05, 4.69) is 20.5 Å². The van der Waals surface area contributed by atoms with Crippen LogP contribution in [0, 0.1) is 6.92 Å². The Morgan fingerprint density at radius 2 is 2.02 bits per heavy atom. The van der Waals surface area contributed by atoms with Crippen LogP contribution in [0.1, 0.15) is 42.9 Å². The number of aryl methyl sites for hydroxylation is 1. The van der Waals surface area contributed by atoms with Gasteiger partial charge < -0.3 is 25.4 Å². The lowest BCUT2D eigenvalue weighted by Crippen LogP contribution is -2.44. The second-order valence-corrected chi connectivity index (χ2v) is 9.60. The molecule has 1 aromatic heterocycles. The summed E-state index contributed by atoms with van der Waals surface area (Å²) in [6.07, 6.45) is 10.5. The largest absolute Gasteiger partial charge is 0.488 e. The van der Waals surface area contributed by atoms with E-state index >= 15 is 0 Å². The van der Waals surface area contributed by atoms with E-state index in [-0.39, 0.29) is 17.9 Å². The third-order valence-electron chi connectivity index (χ3n) is 6.61. The molecule has 0 radical (unpaired) electrons. The number of carbonyl (C=O) groups is 2. The fourth-order valence-corrected chi connectivity index (χ4v) is 4.22. The van der Waals surface area contributed by atoms with Gasteiger partial charge in [-0.3, -0.25) is 9.59 Å². The van der Waals surface area contributed by atoms with E-state index in [1.807, 2.05) is 44.2 Å². The summed E-state index contributed by atoms with van der Waals surface area (Å²) in [5.41, 5.74) is 9.35. The molecule has 40 heavy (non-hydrogen) atoms. The number of ether oxygens (including phenoxy) is 2. The van der Waals surface area contributed by atoms with Crippen LogP contribution in [0.5, 0.6) is 5.75 Å². The fraction of sp³-hybridized carbons (Fsp3) is 0.367.